The number of nitrogens with zero attached hydrogens (tertiary/aromatic N) is 1. The second-order valence-corrected chi connectivity index (χ2v) is 1.94. The average molecular weight is 113 g/mol. The van der Waals surface area contributed by atoms with Gasteiger partial charge in [-0.25, -0.2) is 0 Å². The highest BCUT2D eigenvalue weighted by molar-refractivity contribution is 5.51. The zero-order valence-corrected chi connectivity index (χ0v) is 4.80. The predicted octanol–water partition coefficient (Wildman–Crippen LogP) is -0.665. The summed E-state index contributed by atoms with van der Waals surface area (Å²) in [4.78, 5) is 4.01. The van der Waals surface area contributed by atoms with E-state index in [2.05, 4.69) is 10.3 Å². The van der Waals surface area contributed by atoms with Crippen molar-refractivity contribution >= 4 is 6.34 Å². The van der Waals surface area contributed by atoms with Crippen LogP contribution in [0.5, 0.6) is 0 Å². The van der Waals surface area contributed by atoms with Crippen molar-refractivity contribution in [2.75, 3.05) is 13.1 Å². The van der Waals surface area contributed by atoms with E-state index in [0.717, 1.165) is 19.5 Å². The van der Waals surface area contributed by atoms with Crippen LogP contribution in [-0.4, -0.2) is 25.5 Å². The molecule has 0 aromatic heterocycles. The molecule has 0 unspecified atom stereocenters. The number of hydrogen-bond donors (Lipinski definition) is 2. The standard InChI is InChI=1S/C5H11N3/c6-4-8-5-1-2-7-3-5/h4-5,7H,1-3H2,(H2,6,8)/t5-/m0/s1. The SMILES string of the molecule is NC=N[C@H]1CCNC1. The zero-order chi connectivity index (χ0) is 5.82. The lowest BCUT2D eigenvalue weighted by molar-refractivity contribution is 0.747. The van der Waals surface area contributed by atoms with E-state index in [9.17, 15) is 0 Å². The van der Waals surface area contributed by atoms with Gasteiger partial charge in [-0.05, 0) is 13.0 Å². The van der Waals surface area contributed by atoms with Crippen molar-refractivity contribution in [3.05, 3.63) is 0 Å². The molecule has 3 nitrogen and oxygen atoms in total. The lowest BCUT2D eigenvalue weighted by Crippen LogP contribution is -2.11. The van der Waals surface area contributed by atoms with Gasteiger partial charge in [-0.2, -0.15) is 0 Å². The maximum absolute atomic E-state index is 5.09. The lowest BCUT2D eigenvalue weighted by atomic mass is 10.3. The summed E-state index contributed by atoms with van der Waals surface area (Å²) in [5, 5.41) is 3.19. The van der Waals surface area contributed by atoms with Crippen molar-refractivity contribution in [2.24, 2.45) is 10.7 Å². The van der Waals surface area contributed by atoms with Gasteiger partial charge in [-0.3, -0.25) is 4.99 Å². The molecule has 0 saturated carbocycles. The smallest absolute Gasteiger partial charge is 0.0801 e. The third-order valence-electron chi connectivity index (χ3n) is 1.33. The van der Waals surface area contributed by atoms with Crippen LogP contribution in [0.3, 0.4) is 0 Å². The highest BCUT2D eigenvalue weighted by Gasteiger charge is 2.10. The molecule has 8 heavy (non-hydrogen) atoms. The van der Waals surface area contributed by atoms with E-state index in [1.165, 1.54) is 6.34 Å². The van der Waals surface area contributed by atoms with Crippen molar-refractivity contribution in [1.29, 1.82) is 0 Å². The number of nitrogens with two attached hydrogens (primary N) is 1. The second kappa shape index (κ2) is 2.67. The molecule has 3 heteroatoms. The number of nitrogens with one attached hydrogen (secondary N) is 1. The minimum absolute atomic E-state index is 0.444. The molecule has 0 aromatic carbocycles. The Morgan fingerprint density at radius 1 is 1.75 bits per heavy atom. The molecule has 0 bridgehead atoms. The zero-order valence-electron chi connectivity index (χ0n) is 4.80. The fraction of sp³-hybridized carbons (Fsp3) is 0.800. The van der Waals surface area contributed by atoms with Crippen molar-refractivity contribution in [2.45, 2.75) is 12.5 Å². The summed E-state index contributed by atoms with van der Waals surface area (Å²) in [6, 6.07) is 0.444. The Morgan fingerprint density at radius 3 is 3.12 bits per heavy atom. The molecule has 0 aliphatic carbocycles. The Labute approximate surface area is 49.0 Å². The second-order valence-electron chi connectivity index (χ2n) is 1.94. The molecule has 1 aliphatic heterocycles. The molecular formula is C5H11N3. The van der Waals surface area contributed by atoms with Crippen LogP contribution in [-0.2, 0) is 0 Å². The Hall–Kier alpha value is -0.570. The first-order valence-electron chi connectivity index (χ1n) is 2.87. The molecule has 1 rings (SSSR count). The quantitative estimate of drug-likeness (QED) is 0.350. The highest BCUT2D eigenvalue weighted by atomic mass is 15.0. The molecule has 0 aromatic rings. The van der Waals surface area contributed by atoms with Gasteiger partial charge in [0.25, 0.3) is 0 Å². The van der Waals surface area contributed by atoms with Crippen LogP contribution in [0.25, 0.3) is 0 Å². The van der Waals surface area contributed by atoms with E-state index in [1.54, 1.807) is 0 Å². The van der Waals surface area contributed by atoms with Gasteiger partial charge < -0.3 is 11.1 Å². The first-order valence-corrected chi connectivity index (χ1v) is 2.87. The predicted molar refractivity (Wildman–Crippen MR) is 34.0 cm³/mol. The summed E-state index contributed by atoms with van der Waals surface area (Å²) in [7, 11) is 0. The summed E-state index contributed by atoms with van der Waals surface area (Å²) in [6.07, 6.45) is 2.52. The van der Waals surface area contributed by atoms with Crippen molar-refractivity contribution < 1.29 is 0 Å². The summed E-state index contributed by atoms with van der Waals surface area (Å²) >= 11 is 0. The van der Waals surface area contributed by atoms with Gasteiger partial charge in [-0.15, -0.1) is 0 Å². The normalized spacial score (nSPS) is 29.8. The lowest BCUT2D eigenvalue weighted by Gasteiger charge is -1.95. The number of rotatable bonds is 1. The van der Waals surface area contributed by atoms with Crippen LogP contribution >= 0.6 is 0 Å². The molecule has 0 radical (unpaired) electrons. The maximum Gasteiger partial charge on any atom is 0.0801 e. The summed E-state index contributed by atoms with van der Waals surface area (Å²) < 4.78 is 0. The van der Waals surface area contributed by atoms with Crippen molar-refractivity contribution in [1.82, 2.24) is 5.32 Å². The fourth-order valence-corrected chi connectivity index (χ4v) is 0.888. The van der Waals surface area contributed by atoms with E-state index in [-0.39, 0.29) is 0 Å². The monoisotopic (exact) mass is 113 g/mol. The molecular weight excluding hydrogens is 102 g/mol. The van der Waals surface area contributed by atoms with E-state index in [0.29, 0.717) is 6.04 Å². The van der Waals surface area contributed by atoms with Crippen LogP contribution < -0.4 is 11.1 Å². The Morgan fingerprint density at radius 2 is 2.62 bits per heavy atom. The summed E-state index contributed by atoms with van der Waals surface area (Å²) in [6.45, 7) is 2.08. The maximum atomic E-state index is 5.09. The summed E-state index contributed by atoms with van der Waals surface area (Å²) in [5.41, 5.74) is 5.09. The Bertz CT molecular complexity index is 83.7. The Kier molecular flexibility index (Phi) is 1.86. The van der Waals surface area contributed by atoms with Gasteiger partial charge in [0.1, 0.15) is 0 Å². The number of hydrogen-bond acceptors (Lipinski definition) is 2. The number of aliphatic imine (C=N–C) groups is 1. The largest absolute Gasteiger partial charge is 0.390 e. The molecule has 1 aliphatic rings. The van der Waals surface area contributed by atoms with Crippen LogP contribution in [0.1, 0.15) is 6.42 Å². The Balaban J connectivity index is 2.24. The minimum Gasteiger partial charge on any atom is -0.390 e. The highest BCUT2D eigenvalue weighted by Crippen LogP contribution is 1.99. The average Bonchev–Trinajstić information content (AvgIpc) is 2.19. The van der Waals surface area contributed by atoms with Crippen LogP contribution in [0.4, 0.5) is 0 Å². The third kappa shape index (κ3) is 1.20. The van der Waals surface area contributed by atoms with E-state index < -0.39 is 0 Å². The van der Waals surface area contributed by atoms with Crippen molar-refractivity contribution in [3.63, 3.8) is 0 Å². The summed E-state index contributed by atoms with van der Waals surface area (Å²) in [5.74, 6) is 0. The van der Waals surface area contributed by atoms with Gasteiger partial charge in [0.2, 0.25) is 0 Å². The minimum atomic E-state index is 0.444. The van der Waals surface area contributed by atoms with Gasteiger partial charge in [-0.1, -0.05) is 0 Å². The fourth-order valence-electron chi connectivity index (χ4n) is 0.888. The van der Waals surface area contributed by atoms with Gasteiger partial charge >= 0.3 is 0 Å². The van der Waals surface area contributed by atoms with E-state index in [4.69, 9.17) is 5.73 Å². The molecule has 1 atom stereocenters. The van der Waals surface area contributed by atoms with Crippen LogP contribution in [0, 0.1) is 0 Å². The molecule has 1 fully saturated rings. The van der Waals surface area contributed by atoms with E-state index >= 15 is 0 Å². The molecule has 1 saturated heterocycles. The van der Waals surface area contributed by atoms with Gasteiger partial charge in [0.15, 0.2) is 0 Å². The first kappa shape index (κ1) is 5.56. The molecule has 0 spiro atoms. The van der Waals surface area contributed by atoms with Crippen LogP contribution in [0.2, 0.25) is 0 Å². The van der Waals surface area contributed by atoms with E-state index in [1.807, 2.05) is 0 Å². The van der Waals surface area contributed by atoms with Crippen molar-refractivity contribution in [3.8, 4) is 0 Å². The molecule has 46 valence electrons. The molecule has 3 N–H and O–H groups in total. The van der Waals surface area contributed by atoms with Gasteiger partial charge in [0, 0.05) is 6.54 Å². The molecule has 1 heterocycles. The van der Waals surface area contributed by atoms with Crippen LogP contribution in [0.15, 0.2) is 4.99 Å². The molecule has 0 amide bonds. The first-order chi connectivity index (χ1) is 3.93. The topological polar surface area (TPSA) is 50.4 Å². The van der Waals surface area contributed by atoms with Gasteiger partial charge in [0.05, 0.1) is 12.4 Å². The third-order valence-corrected chi connectivity index (χ3v) is 1.33.